The number of nitrogens with two attached hydrogens (primary N) is 1. The molecule has 3 rings (SSSR count). The van der Waals surface area contributed by atoms with E-state index in [0.29, 0.717) is 33.9 Å². The van der Waals surface area contributed by atoms with E-state index < -0.39 is 18.0 Å². The average Bonchev–Trinajstić information content (AvgIpc) is 2.75. The van der Waals surface area contributed by atoms with Crippen LogP contribution in [0.3, 0.4) is 0 Å². The Balaban J connectivity index is 2.06. The maximum atomic E-state index is 15.0. The van der Waals surface area contributed by atoms with Crippen molar-refractivity contribution in [1.82, 2.24) is 0 Å². The lowest BCUT2D eigenvalue weighted by Gasteiger charge is -2.26. The molecule has 6 heteroatoms. The van der Waals surface area contributed by atoms with Crippen molar-refractivity contribution in [3.05, 3.63) is 52.3 Å². The lowest BCUT2D eigenvalue weighted by atomic mass is 9.87. The van der Waals surface area contributed by atoms with Crippen molar-refractivity contribution in [3.8, 4) is 16.9 Å². The topological polar surface area (TPSA) is 61.6 Å². The molecule has 1 amide bonds. The Morgan fingerprint density at radius 3 is 2.59 bits per heavy atom. The van der Waals surface area contributed by atoms with Crippen LogP contribution in [0.15, 0.2) is 30.3 Å². The second-order valence-corrected chi connectivity index (χ2v) is 8.29. The Kier molecular flexibility index (Phi) is 5.08. The van der Waals surface area contributed by atoms with Crippen LogP contribution in [-0.2, 0) is 11.2 Å². The largest absolute Gasteiger partial charge is 0.491 e. The van der Waals surface area contributed by atoms with Gasteiger partial charge in [0.15, 0.2) is 0 Å². The van der Waals surface area contributed by atoms with Gasteiger partial charge in [0.1, 0.15) is 17.7 Å². The molecule has 1 aliphatic rings. The predicted molar refractivity (Wildman–Crippen MR) is 104 cm³/mol. The maximum absolute atomic E-state index is 15.0. The predicted octanol–water partition coefficient (Wildman–Crippen LogP) is 5.65. The van der Waals surface area contributed by atoms with Gasteiger partial charge in [-0.25, -0.2) is 9.18 Å². The molecule has 0 aliphatic heterocycles. The number of amides is 1. The number of hydrogen-bond acceptors (Lipinski definition) is 3. The zero-order chi connectivity index (χ0) is 19.9. The highest BCUT2D eigenvalue weighted by Crippen LogP contribution is 2.49. The molecule has 0 saturated heterocycles. The minimum absolute atomic E-state index is 0.0197. The van der Waals surface area contributed by atoms with Gasteiger partial charge in [-0.1, -0.05) is 25.4 Å². The highest BCUT2D eigenvalue weighted by molar-refractivity contribution is 6.31. The van der Waals surface area contributed by atoms with Crippen molar-refractivity contribution in [2.45, 2.75) is 46.3 Å². The van der Waals surface area contributed by atoms with Crippen LogP contribution in [0, 0.1) is 11.2 Å². The molecule has 0 bridgehead atoms. The van der Waals surface area contributed by atoms with Crippen molar-refractivity contribution < 1.29 is 18.7 Å². The molecular weight excluding hydrogens is 369 g/mol. The third-order valence-electron chi connectivity index (χ3n) is 4.66. The second-order valence-electron chi connectivity index (χ2n) is 7.86. The molecule has 0 spiro atoms. The molecule has 144 valence electrons. The zero-order valence-electron chi connectivity index (χ0n) is 15.8. The van der Waals surface area contributed by atoms with Crippen molar-refractivity contribution in [3.63, 3.8) is 0 Å². The molecule has 2 aromatic rings. The van der Waals surface area contributed by atoms with E-state index in [-0.39, 0.29) is 11.5 Å². The van der Waals surface area contributed by atoms with E-state index in [4.69, 9.17) is 26.8 Å². The summed E-state index contributed by atoms with van der Waals surface area (Å²) in [6.45, 7) is 7.76. The number of carbonyl (C=O) groups is 1. The third-order valence-corrected chi connectivity index (χ3v) is 4.87. The Morgan fingerprint density at radius 1 is 1.26 bits per heavy atom. The quantitative estimate of drug-likeness (QED) is 0.732. The zero-order valence-corrected chi connectivity index (χ0v) is 16.6. The maximum Gasteiger partial charge on any atom is 0.405 e. The normalized spacial score (nSPS) is 17.7. The van der Waals surface area contributed by atoms with Crippen LogP contribution in [0.4, 0.5) is 9.18 Å². The summed E-state index contributed by atoms with van der Waals surface area (Å²) in [6.07, 6.45) is -0.819. The molecule has 0 aromatic heterocycles. The van der Waals surface area contributed by atoms with E-state index in [9.17, 15) is 9.18 Å². The standard InChI is InChI=1S/C21H23ClFNO3/c1-11(2)26-15-6-12(5-14(22)8-15)16-7-13-10-21(3,4)19(27-20(24)25)17(13)9-18(16)23/h5-9,11,19H,10H2,1-4H3,(H2,24,25)/t19-/m0/s1. The summed E-state index contributed by atoms with van der Waals surface area (Å²) in [5.41, 5.74) is 7.47. The molecule has 4 nitrogen and oxygen atoms in total. The summed E-state index contributed by atoms with van der Waals surface area (Å²) in [6, 6.07) is 8.40. The van der Waals surface area contributed by atoms with E-state index in [1.807, 2.05) is 27.7 Å². The van der Waals surface area contributed by atoms with Gasteiger partial charge in [-0.2, -0.15) is 0 Å². The molecule has 27 heavy (non-hydrogen) atoms. The number of hydrogen-bond donors (Lipinski definition) is 1. The van der Waals surface area contributed by atoms with Gasteiger partial charge in [-0.05, 0) is 67.3 Å². The van der Waals surface area contributed by atoms with Crippen LogP contribution >= 0.6 is 11.6 Å². The SMILES string of the molecule is CC(C)Oc1cc(Cl)cc(-c2cc3c(cc2F)[C@H](OC(N)=O)C(C)(C)C3)c1. The Hall–Kier alpha value is -2.27. The number of rotatable bonds is 4. The Morgan fingerprint density at radius 2 is 1.96 bits per heavy atom. The molecule has 0 radical (unpaired) electrons. The molecule has 2 N–H and O–H groups in total. The van der Waals surface area contributed by atoms with E-state index in [1.165, 1.54) is 6.07 Å². The van der Waals surface area contributed by atoms with Gasteiger partial charge < -0.3 is 15.2 Å². The number of carbonyl (C=O) groups excluding carboxylic acids is 1. The summed E-state index contributed by atoms with van der Waals surface area (Å²) in [5, 5.41) is 0.471. The van der Waals surface area contributed by atoms with Gasteiger partial charge in [0.25, 0.3) is 0 Å². The number of primary amides is 1. The van der Waals surface area contributed by atoms with Gasteiger partial charge in [-0.3, -0.25) is 0 Å². The van der Waals surface area contributed by atoms with E-state index in [1.54, 1.807) is 24.3 Å². The molecule has 0 unspecified atom stereocenters. The van der Waals surface area contributed by atoms with Crippen LogP contribution in [-0.4, -0.2) is 12.2 Å². The first kappa shape index (κ1) is 19.5. The lowest BCUT2D eigenvalue weighted by Crippen LogP contribution is -2.25. The molecule has 0 heterocycles. The highest BCUT2D eigenvalue weighted by Gasteiger charge is 2.42. The number of fused-ring (bicyclic) bond motifs is 1. The third kappa shape index (κ3) is 4.03. The van der Waals surface area contributed by atoms with Crippen molar-refractivity contribution in [2.24, 2.45) is 11.1 Å². The van der Waals surface area contributed by atoms with E-state index >= 15 is 0 Å². The second kappa shape index (κ2) is 7.04. The molecule has 2 aromatic carbocycles. The summed E-state index contributed by atoms with van der Waals surface area (Å²) in [7, 11) is 0. The smallest absolute Gasteiger partial charge is 0.405 e. The lowest BCUT2D eigenvalue weighted by molar-refractivity contribution is 0.0391. The summed E-state index contributed by atoms with van der Waals surface area (Å²) < 4.78 is 25.9. The van der Waals surface area contributed by atoms with Crippen LogP contribution in [0.2, 0.25) is 5.02 Å². The van der Waals surface area contributed by atoms with Crippen molar-refractivity contribution >= 4 is 17.7 Å². The average molecular weight is 392 g/mol. The fraction of sp³-hybridized carbons (Fsp3) is 0.381. The Labute approximate surface area is 163 Å². The minimum Gasteiger partial charge on any atom is -0.491 e. The van der Waals surface area contributed by atoms with Gasteiger partial charge in [0.05, 0.1) is 6.10 Å². The summed E-state index contributed by atoms with van der Waals surface area (Å²) in [4.78, 5) is 11.3. The van der Waals surface area contributed by atoms with Crippen LogP contribution < -0.4 is 10.5 Å². The monoisotopic (exact) mass is 391 g/mol. The first-order chi connectivity index (χ1) is 12.6. The minimum atomic E-state index is -0.865. The van der Waals surface area contributed by atoms with Gasteiger partial charge in [-0.15, -0.1) is 0 Å². The van der Waals surface area contributed by atoms with E-state index in [0.717, 1.165) is 5.56 Å². The van der Waals surface area contributed by atoms with Gasteiger partial charge in [0, 0.05) is 16.0 Å². The van der Waals surface area contributed by atoms with E-state index in [2.05, 4.69) is 0 Å². The fourth-order valence-electron chi connectivity index (χ4n) is 3.65. The molecule has 0 saturated carbocycles. The molecule has 0 fully saturated rings. The van der Waals surface area contributed by atoms with Crippen LogP contribution in [0.25, 0.3) is 11.1 Å². The van der Waals surface area contributed by atoms with Gasteiger partial charge >= 0.3 is 6.09 Å². The van der Waals surface area contributed by atoms with Gasteiger partial charge in [0.2, 0.25) is 0 Å². The molecule has 1 atom stereocenters. The molecular formula is C21H23ClFNO3. The number of ether oxygens (including phenoxy) is 2. The number of halogens is 2. The molecule has 1 aliphatic carbocycles. The Bertz CT molecular complexity index is 895. The fourth-order valence-corrected chi connectivity index (χ4v) is 3.88. The first-order valence-electron chi connectivity index (χ1n) is 8.83. The van der Waals surface area contributed by atoms with Crippen LogP contribution in [0.5, 0.6) is 5.75 Å². The van der Waals surface area contributed by atoms with Crippen LogP contribution in [0.1, 0.15) is 44.9 Å². The highest BCUT2D eigenvalue weighted by atomic mass is 35.5. The first-order valence-corrected chi connectivity index (χ1v) is 9.20. The summed E-state index contributed by atoms with van der Waals surface area (Å²) >= 11 is 6.20. The summed E-state index contributed by atoms with van der Waals surface area (Å²) in [5.74, 6) is 0.171. The number of benzene rings is 2. The van der Waals surface area contributed by atoms with Crippen molar-refractivity contribution in [1.29, 1.82) is 0 Å². The van der Waals surface area contributed by atoms with Crippen molar-refractivity contribution in [2.75, 3.05) is 0 Å².